The Hall–Kier alpha value is -5.25. The Morgan fingerprint density at radius 2 is 1.61 bits per heavy atom. The van der Waals surface area contributed by atoms with Gasteiger partial charge in [0.15, 0.2) is 17.6 Å². The largest absolute Gasteiger partial charge is 0.497 e. The molecule has 1 amide bonds. The maximum absolute atomic E-state index is 13.9. The summed E-state index contributed by atoms with van der Waals surface area (Å²) < 4.78 is 29.3. The number of rotatable bonds is 8. The lowest BCUT2D eigenvalue weighted by atomic mass is 10.1. The number of hydrogen-bond acceptors (Lipinski definition) is 8. The fourth-order valence-corrected chi connectivity index (χ4v) is 5.27. The first-order valence-corrected chi connectivity index (χ1v) is 12.8. The zero-order valence-corrected chi connectivity index (χ0v) is 23.1. The van der Waals surface area contributed by atoms with Crippen molar-refractivity contribution in [2.24, 2.45) is 0 Å². The van der Waals surface area contributed by atoms with E-state index in [2.05, 4.69) is 10.3 Å². The number of amides is 1. The lowest BCUT2D eigenvalue weighted by Gasteiger charge is -2.16. The molecule has 10 nitrogen and oxygen atoms in total. The van der Waals surface area contributed by atoms with Gasteiger partial charge in [-0.15, -0.1) is 0 Å². The molecule has 41 heavy (non-hydrogen) atoms. The first-order chi connectivity index (χ1) is 19.9. The number of pyridine rings is 2. The quantitative estimate of drug-likeness (QED) is 0.261. The Balaban J connectivity index is 1.41. The molecule has 3 heterocycles. The van der Waals surface area contributed by atoms with Crippen LogP contribution in [-0.4, -0.2) is 49.8 Å². The molecule has 0 spiro atoms. The van der Waals surface area contributed by atoms with Crippen LogP contribution in [0.5, 0.6) is 28.7 Å². The lowest BCUT2D eigenvalue weighted by Crippen LogP contribution is -2.30. The van der Waals surface area contributed by atoms with E-state index in [0.29, 0.717) is 61.8 Å². The summed E-state index contributed by atoms with van der Waals surface area (Å²) in [7, 11) is 6.11. The number of nitrogens with zero attached hydrogens (tertiary/aromatic N) is 2. The predicted octanol–water partition coefficient (Wildman–Crippen LogP) is 5.03. The van der Waals surface area contributed by atoms with Crippen molar-refractivity contribution in [3.63, 3.8) is 0 Å². The number of benzene rings is 3. The van der Waals surface area contributed by atoms with Gasteiger partial charge in [-0.3, -0.25) is 19.0 Å². The van der Waals surface area contributed by atoms with Crippen LogP contribution >= 0.6 is 0 Å². The molecule has 0 fully saturated rings. The highest BCUT2D eigenvalue weighted by Crippen LogP contribution is 2.39. The van der Waals surface area contributed by atoms with E-state index in [9.17, 15) is 9.59 Å². The van der Waals surface area contributed by atoms with Crippen LogP contribution in [-0.2, 0) is 4.79 Å². The number of methoxy groups -OCH3 is 4. The zero-order chi connectivity index (χ0) is 28.8. The first kappa shape index (κ1) is 26.0. The van der Waals surface area contributed by atoms with E-state index in [1.54, 1.807) is 61.0 Å². The second-order valence-electron chi connectivity index (χ2n) is 9.41. The van der Waals surface area contributed by atoms with Crippen LogP contribution in [0.3, 0.4) is 0 Å². The molecule has 0 aliphatic carbocycles. The Morgan fingerprint density at radius 1 is 0.829 bits per heavy atom. The Kier molecular flexibility index (Phi) is 6.37. The predicted molar refractivity (Wildman–Crippen MR) is 157 cm³/mol. The third-order valence-corrected chi connectivity index (χ3v) is 7.21. The monoisotopic (exact) mass is 553 g/mol. The van der Waals surface area contributed by atoms with Gasteiger partial charge in [-0.2, -0.15) is 0 Å². The number of carbonyl (C=O) groups excluding carboxylic acids is 1. The summed E-state index contributed by atoms with van der Waals surface area (Å²) in [6.45, 7) is 1.66. The highest BCUT2D eigenvalue weighted by molar-refractivity contribution is 6.19. The molecule has 3 aromatic carbocycles. The van der Waals surface area contributed by atoms with E-state index in [1.165, 1.54) is 21.3 Å². The molecule has 0 unspecified atom stereocenters. The molecule has 10 heteroatoms. The van der Waals surface area contributed by atoms with Crippen LogP contribution in [0.25, 0.3) is 38.1 Å². The number of ether oxygens (including phenoxy) is 5. The van der Waals surface area contributed by atoms with Crippen molar-refractivity contribution < 1.29 is 28.5 Å². The third-order valence-electron chi connectivity index (χ3n) is 7.21. The molecule has 0 saturated heterocycles. The molecular weight excluding hydrogens is 526 g/mol. The Labute approximate surface area is 234 Å². The highest BCUT2D eigenvalue weighted by atomic mass is 16.5. The summed E-state index contributed by atoms with van der Waals surface area (Å²) in [6.07, 6.45) is 0.881. The number of carbonyl (C=O) groups is 1. The number of nitrogens with one attached hydrogen (secondary N) is 1. The summed E-state index contributed by atoms with van der Waals surface area (Å²) in [5.41, 5.74) is 2.30. The van der Waals surface area contributed by atoms with Crippen LogP contribution in [0.4, 0.5) is 5.69 Å². The number of anilines is 1. The molecule has 1 N–H and O–H groups in total. The second-order valence-corrected chi connectivity index (χ2v) is 9.41. The summed E-state index contributed by atoms with van der Waals surface area (Å²) >= 11 is 0. The van der Waals surface area contributed by atoms with Gasteiger partial charge < -0.3 is 29.0 Å². The number of hydrogen-bond donors (Lipinski definition) is 1. The minimum absolute atomic E-state index is 0.244. The minimum Gasteiger partial charge on any atom is -0.497 e. The van der Waals surface area contributed by atoms with E-state index in [4.69, 9.17) is 23.7 Å². The SMILES string of the molecule is COc1ccc(NC(=O)[C@H](C)Oc2ccc3c(c2)c2ccnc4c5ccc(OC)c(OC)c5c(=O)n3c24)c(OC)c1. The van der Waals surface area contributed by atoms with E-state index in [1.807, 2.05) is 18.2 Å². The first-order valence-electron chi connectivity index (χ1n) is 12.8. The Bertz CT molecular complexity index is 2020. The summed E-state index contributed by atoms with van der Waals surface area (Å²) in [5.74, 6) is 2.01. The van der Waals surface area contributed by atoms with E-state index in [0.717, 1.165) is 10.8 Å². The van der Waals surface area contributed by atoms with E-state index < -0.39 is 6.10 Å². The van der Waals surface area contributed by atoms with Crippen molar-refractivity contribution in [3.8, 4) is 28.7 Å². The van der Waals surface area contributed by atoms with E-state index in [-0.39, 0.29) is 11.5 Å². The summed E-state index contributed by atoms with van der Waals surface area (Å²) in [4.78, 5) is 31.6. The lowest BCUT2D eigenvalue weighted by molar-refractivity contribution is -0.122. The molecule has 6 rings (SSSR count). The van der Waals surface area contributed by atoms with Gasteiger partial charge in [0.2, 0.25) is 0 Å². The fraction of sp³-hybridized carbons (Fsp3) is 0.194. The van der Waals surface area contributed by atoms with Gasteiger partial charge in [-0.1, -0.05) is 0 Å². The molecule has 0 aliphatic rings. The van der Waals surface area contributed by atoms with Gasteiger partial charge in [0.05, 0.1) is 56.1 Å². The van der Waals surface area contributed by atoms with Crippen LogP contribution in [0.1, 0.15) is 6.92 Å². The van der Waals surface area contributed by atoms with Gasteiger partial charge in [0.25, 0.3) is 11.5 Å². The highest BCUT2D eigenvalue weighted by Gasteiger charge is 2.23. The van der Waals surface area contributed by atoms with Crippen molar-refractivity contribution in [2.45, 2.75) is 13.0 Å². The van der Waals surface area contributed by atoms with Gasteiger partial charge in [-0.25, -0.2) is 0 Å². The second kappa shape index (κ2) is 10.1. The normalized spacial score (nSPS) is 12.1. The summed E-state index contributed by atoms with van der Waals surface area (Å²) in [6, 6.07) is 16.0. The maximum atomic E-state index is 13.9. The van der Waals surface area contributed by atoms with Crippen molar-refractivity contribution in [2.75, 3.05) is 33.8 Å². The smallest absolute Gasteiger partial charge is 0.267 e. The molecule has 1 atom stereocenters. The maximum Gasteiger partial charge on any atom is 0.267 e. The molecule has 0 aliphatic heterocycles. The topological polar surface area (TPSA) is 110 Å². The number of fused-ring (bicyclic) bond motifs is 5. The van der Waals surface area contributed by atoms with Crippen molar-refractivity contribution >= 4 is 49.7 Å². The van der Waals surface area contributed by atoms with Crippen LogP contribution in [0.2, 0.25) is 0 Å². The van der Waals surface area contributed by atoms with Crippen molar-refractivity contribution in [1.29, 1.82) is 0 Å². The molecule has 0 radical (unpaired) electrons. The zero-order valence-electron chi connectivity index (χ0n) is 23.1. The molecule has 3 aromatic heterocycles. The van der Waals surface area contributed by atoms with Crippen LogP contribution in [0.15, 0.2) is 65.6 Å². The van der Waals surface area contributed by atoms with Crippen molar-refractivity contribution in [3.05, 3.63) is 71.1 Å². The van der Waals surface area contributed by atoms with Gasteiger partial charge in [0.1, 0.15) is 17.2 Å². The van der Waals surface area contributed by atoms with E-state index >= 15 is 0 Å². The molecule has 6 aromatic rings. The Morgan fingerprint density at radius 3 is 2.34 bits per heavy atom. The molecular formula is C31H27N3O7. The summed E-state index contributed by atoms with van der Waals surface area (Å²) in [5, 5.41) is 5.52. The van der Waals surface area contributed by atoms with Gasteiger partial charge >= 0.3 is 0 Å². The van der Waals surface area contributed by atoms with Crippen molar-refractivity contribution in [1.82, 2.24) is 9.38 Å². The standard InChI is InChI=1S/C31H27N3O7/c1-16(30(35)33-22-9-6-17(37-2)15-25(22)39-4)41-18-7-10-23-21(14-18)19-12-13-32-27-20-8-11-24(38-3)29(40-5)26(20)31(36)34(23)28(19)27/h6-16H,1-5H3,(H,33,35)/t16-/m0/s1. The molecule has 0 saturated carbocycles. The molecule has 0 bridgehead atoms. The van der Waals surface area contributed by atoms with Crippen LogP contribution < -0.4 is 34.6 Å². The minimum atomic E-state index is -0.830. The van der Waals surface area contributed by atoms with Gasteiger partial charge in [-0.05, 0) is 55.5 Å². The van der Waals surface area contributed by atoms with Gasteiger partial charge in [0, 0.05) is 28.4 Å². The number of aromatic nitrogens is 2. The fourth-order valence-electron chi connectivity index (χ4n) is 5.27. The average Bonchev–Trinajstić information content (AvgIpc) is 3.33. The average molecular weight is 554 g/mol. The third kappa shape index (κ3) is 4.07. The molecule has 208 valence electrons. The van der Waals surface area contributed by atoms with Crippen LogP contribution in [0, 0.1) is 0 Å².